The second-order valence-electron chi connectivity index (χ2n) is 34.0. The lowest BCUT2D eigenvalue weighted by atomic mass is 9.58. The number of hydrogen-bond donors (Lipinski definition) is 12. The van der Waals surface area contributed by atoms with Crippen molar-refractivity contribution in [3.05, 3.63) is 244 Å². The second kappa shape index (κ2) is 46.6. The number of pyridine rings is 3. The van der Waals surface area contributed by atoms with Gasteiger partial charge in [-0.05, 0) is 237 Å². The fourth-order valence-corrected chi connectivity index (χ4v) is 18.7. The number of benzene rings is 6. The largest absolute Gasteiger partial charge is 0.504 e. The molecule has 6 aromatic carbocycles. The number of guanidine groups is 2. The lowest BCUT2D eigenvalue weighted by Gasteiger charge is -2.57. The number of Topliss-reactive ketones (excluding diaryl/α,β-unsaturated/α-hetero) is 2. The minimum absolute atomic E-state index is 0.0128. The van der Waals surface area contributed by atoms with E-state index in [1.54, 1.807) is 68.0 Å². The molecule has 7 fully saturated rings. The fourth-order valence-electron chi connectivity index (χ4n) is 17.4. The number of nitrogen functional groups attached to an aromatic ring is 1. The van der Waals surface area contributed by atoms with Gasteiger partial charge in [0.2, 0.25) is 23.6 Å². The predicted molar refractivity (Wildman–Crippen MR) is 504 cm³/mol. The van der Waals surface area contributed by atoms with Gasteiger partial charge in [-0.2, -0.15) is 31.3 Å². The number of halogens is 8. The van der Waals surface area contributed by atoms with Crippen molar-refractivity contribution in [3.63, 3.8) is 0 Å². The van der Waals surface area contributed by atoms with Gasteiger partial charge in [0.1, 0.15) is 17.8 Å². The number of nitrogens with zero attached hydrogens (tertiary/aromatic N) is 5. The van der Waals surface area contributed by atoms with E-state index in [-0.39, 0.29) is 86.5 Å². The van der Waals surface area contributed by atoms with Gasteiger partial charge in [-0.15, -0.1) is 0 Å². The summed E-state index contributed by atoms with van der Waals surface area (Å²) in [4.78, 5) is 68.2. The summed E-state index contributed by atoms with van der Waals surface area (Å²) in [5.41, 5.74) is 12.2. The van der Waals surface area contributed by atoms with Gasteiger partial charge in [-0.3, -0.25) is 45.2 Å². The first-order chi connectivity index (χ1) is 64.3. The van der Waals surface area contributed by atoms with Crippen molar-refractivity contribution in [1.29, 1.82) is 10.8 Å². The standard InChI is InChI=1S/C22H19ClO3.C17H16F6N2O.C15H21N3O.C15H22O5.C12H14N4O4S.C11H16ClN5.C5H5N/c23-16-11-9-14(10-12-16)13-5-7-15(8-6-13)19-20(24)17-3-1-2-4-18(17)21(25)22(19)26;18-16(19,20)11-5-3-4-9-10(15(26)12-6-1-2-7-24-12)8-13(17(21,22)23)25-14(9)11;1-11(5-3-7-16)18-14-10-13(19-2)9-12-6-4-8-17-15(12)14;1-8-4-5-11-9(2)12(16)17-13-15(11)10(8)6-7-14(3,18-13)19-20-15;1-19-10-11(14-7-15-12(10)20-2)16-21(17,18)9-5-3-8(13)4-6-9;1-7(2)15-10(13)17-11(14)16-9-5-3-8(12)4-6-9;1-2-4-6-5-3-1/h1-4,9-13,15,26H,5-8H2;3-5,8,12,15,24,26H,1-2,6-7H2;4,6,8-11,18H,3,5,7,16H2,1-2H3;8-11,13H,4-7H2,1-3H3;3-7H,13H2,1-2H3,(H,14,15,16);3-7H,1-2H3,(H5,13,14,15,16,17);1-5H/t13-,15-;;;8-,9-,10+,11+,13-,14-,15-;;;/m...1.../s1. The number of ketones is 2. The summed E-state index contributed by atoms with van der Waals surface area (Å²) in [5.74, 6) is 0.401. The van der Waals surface area contributed by atoms with Crippen LogP contribution in [0.5, 0.6) is 17.4 Å². The van der Waals surface area contributed by atoms with E-state index in [0.717, 1.165) is 123 Å². The van der Waals surface area contributed by atoms with Crippen molar-refractivity contribution < 1.29 is 92.8 Å². The molecule has 722 valence electrons. The second-order valence-corrected chi connectivity index (χ2v) is 36.5. The number of alkyl halides is 6. The molecule has 3 aliphatic carbocycles. The van der Waals surface area contributed by atoms with Crippen LogP contribution in [0.15, 0.2) is 205 Å². The topological polar surface area (TPSA) is 427 Å². The molecule has 8 aliphatic rings. The number of carbonyl (C=O) groups is 3. The summed E-state index contributed by atoms with van der Waals surface area (Å²) in [7, 11) is 0.616. The lowest BCUT2D eigenvalue weighted by Crippen LogP contribution is -2.69. The van der Waals surface area contributed by atoms with E-state index >= 15 is 0 Å². The highest BCUT2D eigenvalue weighted by Crippen LogP contribution is 2.60. The van der Waals surface area contributed by atoms with E-state index in [1.165, 1.54) is 56.4 Å². The molecule has 135 heavy (non-hydrogen) atoms. The number of rotatable bonds is 17. The third-order valence-corrected chi connectivity index (χ3v) is 26.1. The molecule has 2 bridgehead atoms. The number of fused-ring (bicyclic) bond motifs is 5. The molecule has 5 saturated heterocycles. The maximum Gasteiger partial charge on any atom is 0.433 e. The van der Waals surface area contributed by atoms with Crippen LogP contribution in [0.4, 0.5) is 49.2 Å². The van der Waals surface area contributed by atoms with Gasteiger partial charge in [0.15, 0.2) is 34.9 Å². The van der Waals surface area contributed by atoms with Crippen LogP contribution >= 0.6 is 23.2 Å². The highest BCUT2D eigenvalue weighted by atomic mass is 35.5. The number of aliphatic hydroxyl groups is 2. The molecule has 29 nitrogen and oxygen atoms in total. The number of nitrogens with two attached hydrogens (primary N) is 2. The van der Waals surface area contributed by atoms with Gasteiger partial charge in [0, 0.05) is 110 Å². The van der Waals surface area contributed by atoms with Gasteiger partial charge in [0.25, 0.3) is 15.9 Å². The number of ether oxygens (including phenoxy) is 5. The number of para-hydroxylation sites is 1. The van der Waals surface area contributed by atoms with Crippen LogP contribution in [-0.4, -0.2) is 143 Å². The number of allylic oxidation sites excluding steroid dienone is 2. The summed E-state index contributed by atoms with van der Waals surface area (Å²) in [6, 6.07) is 44.7. The molecule has 0 amide bonds. The molecule has 4 aromatic heterocycles. The Labute approximate surface area is 789 Å². The first-order valence-electron chi connectivity index (χ1n) is 44.2. The van der Waals surface area contributed by atoms with E-state index < -0.39 is 74.8 Å². The van der Waals surface area contributed by atoms with Crippen molar-refractivity contribution in [2.24, 2.45) is 35.3 Å². The first kappa shape index (κ1) is 104. The molecule has 1 spiro atoms. The van der Waals surface area contributed by atoms with E-state index in [2.05, 4.69) is 82.2 Å². The number of nitrogens with one attached hydrogen (secondary N) is 8. The summed E-state index contributed by atoms with van der Waals surface area (Å²) >= 11 is 11.7. The fraction of sp³-hybridized carbons (Fsp3) is 0.402. The average molecular weight is 1930 g/mol. The Hall–Kier alpha value is -11.9. The normalized spacial score (nSPS) is 22.0. The Morgan fingerprint density at radius 1 is 0.704 bits per heavy atom. The summed E-state index contributed by atoms with van der Waals surface area (Å²) in [6.45, 7) is 13.4. The Kier molecular flexibility index (Phi) is 35.8. The number of sulfonamides is 1. The highest BCUT2D eigenvalue weighted by molar-refractivity contribution is 7.92. The number of aliphatic hydroxyl groups excluding tert-OH is 2. The monoisotopic (exact) mass is 1930 g/mol. The maximum atomic E-state index is 13.2. The zero-order valence-electron chi connectivity index (χ0n) is 76.0. The first-order valence-corrected chi connectivity index (χ1v) is 46.4. The zero-order valence-corrected chi connectivity index (χ0v) is 78.3. The highest BCUT2D eigenvalue weighted by Gasteiger charge is 2.70. The van der Waals surface area contributed by atoms with Crippen molar-refractivity contribution in [2.45, 2.75) is 190 Å². The average Bonchev–Trinajstić information content (AvgIpc) is 1.62. The molecule has 3 unspecified atom stereocenters. The molecule has 0 radical (unpaired) electrons. The van der Waals surface area contributed by atoms with Crippen LogP contribution in [-0.2, 0) is 46.4 Å². The van der Waals surface area contributed by atoms with E-state index in [0.29, 0.717) is 76.3 Å². The number of carbonyl (C=O) groups excluding carboxylic acids is 3. The number of hydrogen-bond acceptors (Lipinski definition) is 25. The molecule has 10 aromatic rings. The molecule has 9 heterocycles. The molecule has 38 heteroatoms. The summed E-state index contributed by atoms with van der Waals surface area (Å²) < 4.78 is 133. The lowest BCUT2D eigenvalue weighted by molar-refractivity contribution is -0.559. The quantitative estimate of drug-likeness (QED) is 0.0101. The third-order valence-electron chi connectivity index (χ3n) is 24.2. The Balaban J connectivity index is 0.000000155. The van der Waals surface area contributed by atoms with Gasteiger partial charge >= 0.3 is 18.3 Å². The van der Waals surface area contributed by atoms with Crippen molar-refractivity contribution >= 4 is 107 Å². The van der Waals surface area contributed by atoms with Crippen LogP contribution < -0.4 is 57.0 Å². The molecule has 10 atom stereocenters. The van der Waals surface area contributed by atoms with Gasteiger partial charge in [-0.25, -0.2) is 28.2 Å². The molecule has 14 N–H and O–H groups in total. The van der Waals surface area contributed by atoms with Crippen molar-refractivity contribution in [2.75, 3.05) is 55.5 Å². The third kappa shape index (κ3) is 26.5. The van der Waals surface area contributed by atoms with Crippen molar-refractivity contribution in [1.82, 2.24) is 40.9 Å². The number of esters is 1. The van der Waals surface area contributed by atoms with Gasteiger partial charge in [0.05, 0.1) is 60.5 Å². The van der Waals surface area contributed by atoms with E-state index in [1.807, 2.05) is 88.5 Å². The molecular formula is C97H113Cl2F6N15O14S. The Morgan fingerprint density at radius 2 is 1.38 bits per heavy atom. The van der Waals surface area contributed by atoms with E-state index in [4.69, 9.17) is 78.9 Å². The van der Waals surface area contributed by atoms with Crippen LogP contribution in [0.1, 0.15) is 180 Å². The van der Waals surface area contributed by atoms with E-state index in [9.17, 15) is 59.4 Å². The van der Waals surface area contributed by atoms with Crippen LogP contribution in [0.3, 0.4) is 0 Å². The van der Waals surface area contributed by atoms with Gasteiger partial charge in [-0.1, -0.05) is 104 Å². The summed E-state index contributed by atoms with van der Waals surface area (Å²) in [6.07, 6.45) is 6.20. The molecule has 5 aliphatic heterocycles. The minimum Gasteiger partial charge on any atom is -0.504 e. The van der Waals surface area contributed by atoms with Crippen LogP contribution in [0.25, 0.3) is 21.8 Å². The van der Waals surface area contributed by atoms with Crippen LogP contribution in [0.2, 0.25) is 10.0 Å². The number of aromatic nitrogens is 5. The minimum atomic E-state index is -4.93. The molecule has 18 rings (SSSR count). The SMILES string of the molecule is CC(C)NC(=N)NC(=N)Nc1ccc(Cl)cc1.COc1cc(NC(C)CCCN)c2ncccc2c1.COc1ncnc(NS(=O)(=O)c2ccc(N)cc2)c1OC.C[C@@H]1CC[C@H]2[C@@H](C)C(=O)O[C@@H]3O[C@@]4(C)CC[C@@H]1[C@]32OO4.O=C1C(O)=C([C@H]2CC[C@H](c3ccc(Cl)cc3)CC2)C(=O)c2ccccc21.OC(c1cc(C(F)(F)F)nc2c(C(F)(F)F)cccc12)C1CCCCN1.c1ccncc1. The Morgan fingerprint density at radius 3 is 1.99 bits per heavy atom. The predicted octanol–water partition coefficient (Wildman–Crippen LogP) is 19.3. The van der Waals surface area contributed by atoms with Crippen molar-refractivity contribution in [3.8, 4) is 17.4 Å². The number of methoxy groups -OCH3 is 3. The molecular weight excluding hydrogens is 1820 g/mol. The Bertz CT molecular complexity index is 5850. The van der Waals surface area contributed by atoms with Crippen LogP contribution in [0, 0.1) is 40.4 Å². The maximum absolute atomic E-state index is 13.2. The smallest absolute Gasteiger partial charge is 0.433 e. The van der Waals surface area contributed by atoms with Gasteiger partial charge < -0.3 is 66.6 Å². The summed E-state index contributed by atoms with van der Waals surface area (Å²) in [5, 5.41) is 53.2. The molecule has 2 saturated carbocycles. The number of anilines is 4. The zero-order chi connectivity index (χ0) is 97.7. The number of piperidine rings is 1.